The average Bonchev–Trinajstić information content (AvgIpc) is 3.13. The highest BCUT2D eigenvalue weighted by Crippen LogP contribution is 2.60. The molecule has 3 amide bonds. The van der Waals surface area contributed by atoms with E-state index in [1.54, 1.807) is 25.2 Å². The van der Waals surface area contributed by atoms with E-state index in [2.05, 4.69) is 5.32 Å². The Morgan fingerprint density at radius 1 is 1.12 bits per heavy atom. The van der Waals surface area contributed by atoms with Gasteiger partial charge >= 0.3 is 0 Å². The zero-order chi connectivity index (χ0) is 22.5. The first kappa shape index (κ1) is 21.4. The summed E-state index contributed by atoms with van der Waals surface area (Å²) >= 11 is 0. The molecule has 1 saturated heterocycles. The summed E-state index contributed by atoms with van der Waals surface area (Å²) in [5, 5.41) is 3.04. The zero-order valence-electron chi connectivity index (χ0n) is 18.7. The number of hydrogen-bond donors (Lipinski definition) is 1. The fraction of sp³-hybridized carbons (Fsp3) is 0.640. The Morgan fingerprint density at radius 3 is 2.38 bits per heavy atom. The number of nitrogens with zero attached hydrogens (tertiary/aromatic N) is 2. The van der Waals surface area contributed by atoms with Crippen molar-refractivity contribution < 1.29 is 18.8 Å². The second kappa shape index (κ2) is 8.16. The molecule has 1 aromatic carbocycles. The minimum absolute atomic E-state index is 0.120. The molecule has 6 rings (SSSR count). The molecule has 1 atom stereocenters. The van der Waals surface area contributed by atoms with Crippen LogP contribution in [0.1, 0.15) is 51.4 Å². The molecule has 4 aliphatic carbocycles. The van der Waals surface area contributed by atoms with Gasteiger partial charge in [0.15, 0.2) is 0 Å². The predicted octanol–water partition coefficient (Wildman–Crippen LogP) is 3.11. The van der Waals surface area contributed by atoms with Crippen LogP contribution in [-0.4, -0.2) is 48.8 Å². The van der Waals surface area contributed by atoms with Crippen LogP contribution in [0.2, 0.25) is 0 Å². The average molecular weight is 442 g/mol. The molecule has 5 aliphatic rings. The number of nitrogens with one attached hydrogen (secondary N) is 1. The third-order valence-corrected chi connectivity index (χ3v) is 8.33. The fourth-order valence-corrected chi connectivity index (χ4v) is 7.14. The van der Waals surface area contributed by atoms with Gasteiger partial charge in [-0.2, -0.15) is 0 Å². The Hall–Kier alpha value is -2.44. The van der Waals surface area contributed by atoms with E-state index in [-0.39, 0.29) is 35.2 Å². The van der Waals surface area contributed by atoms with Gasteiger partial charge in [-0.1, -0.05) is 12.1 Å². The SMILES string of the molecule is CN(C(=O)CCNC(=O)C12CC3CC(CC(C3)C1)C2)C1CCN(c2ccccc2F)C1=O. The molecule has 1 aliphatic heterocycles. The molecule has 172 valence electrons. The first-order valence-corrected chi connectivity index (χ1v) is 12.0. The van der Waals surface area contributed by atoms with E-state index in [1.807, 2.05) is 0 Å². The number of amides is 3. The summed E-state index contributed by atoms with van der Waals surface area (Å²) in [6.07, 6.45) is 7.50. The van der Waals surface area contributed by atoms with Gasteiger partial charge in [0.1, 0.15) is 11.9 Å². The van der Waals surface area contributed by atoms with Crippen molar-refractivity contribution in [3.63, 3.8) is 0 Å². The van der Waals surface area contributed by atoms with Crippen molar-refractivity contribution in [2.24, 2.45) is 23.2 Å². The second-order valence-corrected chi connectivity index (χ2v) is 10.5. The van der Waals surface area contributed by atoms with E-state index in [0.29, 0.717) is 37.3 Å². The molecule has 1 N–H and O–H groups in total. The number of carbonyl (C=O) groups is 3. The highest BCUT2D eigenvalue weighted by molar-refractivity contribution is 6.01. The number of likely N-dealkylation sites (N-methyl/N-ethyl adjacent to an activating group) is 1. The minimum atomic E-state index is -0.596. The van der Waals surface area contributed by atoms with Gasteiger partial charge in [0.25, 0.3) is 0 Å². The fourth-order valence-electron chi connectivity index (χ4n) is 7.14. The molecule has 1 aromatic rings. The number of benzene rings is 1. The molecule has 0 spiro atoms. The summed E-state index contributed by atoms with van der Waals surface area (Å²) in [7, 11) is 1.62. The lowest BCUT2D eigenvalue weighted by atomic mass is 9.49. The van der Waals surface area contributed by atoms with Gasteiger partial charge in [-0.05, 0) is 74.8 Å². The quantitative estimate of drug-likeness (QED) is 0.738. The maximum atomic E-state index is 14.1. The van der Waals surface area contributed by atoms with E-state index in [0.717, 1.165) is 19.3 Å². The topological polar surface area (TPSA) is 69.7 Å². The molecule has 0 aromatic heterocycles. The van der Waals surface area contributed by atoms with Gasteiger partial charge in [-0.15, -0.1) is 0 Å². The molecule has 6 nitrogen and oxygen atoms in total. The van der Waals surface area contributed by atoms with Crippen molar-refractivity contribution in [3.8, 4) is 0 Å². The van der Waals surface area contributed by atoms with Crippen molar-refractivity contribution in [3.05, 3.63) is 30.1 Å². The van der Waals surface area contributed by atoms with Crippen molar-refractivity contribution in [2.75, 3.05) is 25.0 Å². The van der Waals surface area contributed by atoms with Crippen LogP contribution in [0.4, 0.5) is 10.1 Å². The Morgan fingerprint density at radius 2 is 1.75 bits per heavy atom. The lowest BCUT2D eigenvalue weighted by molar-refractivity contribution is -0.146. The molecular weight excluding hydrogens is 409 g/mol. The zero-order valence-corrected chi connectivity index (χ0v) is 18.7. The van der Waals surface area contributed by atoms with E-state index in [1.165, 1.54) is 35.1 Å². The third kappa shape index (κ3) is 3.69. The lowest BCUT2D eigenvalue weighted by Crippen LogP contribution is -2.54. The van der Waals surface area contributed by atoms with Crippen LogP contribution in [0.25, 0.3) is 0 Å². The summed E-state index contributed by atoms with van der Waals surface area (Å²) in [5.41, 5.74) is 0.0365. The number of para-hydroxylation sites is 1. The van der Waals surface area contributed by atoms with Crippen molar-refractivity contribution >= 4 is 23.4 Å². The van der Waals surface area contributed by atoms with E-state index >= 15 is 0 Å². The molecule has 4 bridgehead atoms. The summed E-state index contributed by atoms with van der Waals surface area (Å²) in [6, 6.07) is 5.60. The summed E-state index contributed by atoms with van der Waals surface area (Å²) in [5.74, 6) is 1.34. The summed E-state index contributed by atoms with van der Waals surface area (Å²) < 4.78 is 14.1. The largest absolute Gasteiger partial charge is 0.355 e. The van der Waals surface area contributed by atoms with Crippen LogP contribution < -0.4 is 10.2 Å². The van der Waals surface area contributed by atoms with Crippen LogP contribution in [-0.2, 0) is 14.4 Å². The number of halogens is 1. The standard InChI is InChI=1S/C25H32FN3O3/c1-28(21-7-9-29(23(21)31)20-5-3-2-4-19(20)26)22(30)6-8-27-24(32)25-13-16-10-17(14-25)12-18(11-16)15-25/h2-5,16-18,21H,6-15H2,1H3,(H,27,32). The molecule has 4 saturated carbocycles. The monoisotopic (exact) mass is 441 g/mol. The second-order valence-electron chi connectivity index (χ2n) is 10.5. The Kier molecular flexibility index (Phi) is 5.46. The smallest absolute Gasteiger partial charge is 0.249 e. The minimum Gasteiger partial charge on any atom is -0.355 e. The van der Waals surface area contributed by atoms with Crippen LogP contribution in [0.15, 0.2) is 24.3 Å². The first-order valence-electron chi connectivity index (χ1n) is 12.0. The van der Waals surface area contributed by atoms with Gasteiger partial charge in [0, 0.05) is 32.0 Å². The number of hydrogen-bond acceptors (Lipinski definition) is 3. The van der Waals surface area contributed by atoms with Crippen LogP contribution >= 0.6 is 0 Å². The summed E-state index contributed by atoms with van der Waals surface area (Å²) in [6.45, 7) is 0.673. The van der Waals surface area contributed by atoms with E-state index in [4.69, 9.17) is 0 Å². The normalized spacial score (nSPS) is 32.9. The van der Waals surface area contributed by atoms with Gasteiger partial charge < -0.3 is 15.1 Å². The van der Waals surface area contributed by atoms with Crippen LogP contribution in [0, 0.1) is 29.0 Å². The predicted molar refractivity (Wildman–Crippen MR) is 118 cm³/mol. The highest BCUT2D eigenvalue weighted by atomic mass is 19.1. The van der Waals surface area contributed by atoms with E-state index < -0.39 is 11.9 Å². The van der Waals surface area contributed by atoms with E-state index in [9.17, 15) is 18.8 Å². The molecule has 32 heavy (non-hydrogen) atoms. The Bertz CT molecular complexity index is 897. The number of anilines is 1. The Balaban J connectivity index is 1.14. The van der Waals surface area contributed by atoms with Gasteiger partial charge in [0.2, 0.25) is 17.7 Å². The maximum Gasteiger partial charge on any atom is 0.249 e. The lowest BCUT2D eigenvalue weighted by Gasteiger charge is -2.55. The molecule has 1 heterocycles. The van der Waals surface area contributed by atoms with Gasteiger partial charge in [0.05, 0.1) is 5.69 Å². The molecule has 1 unspecified atom stereocenters. The van der Waals surface area contributed by atoms with Crippen molar-refractivity contribution in [2.45, 2.75) is 57.4 Å². The first-order chi connectivity index (χ1) is 15.4. The van der Waals surface area contributed by atoms with Crippen molar-refractivity contribution in [1.29, 1.82) is 0 Å². The summed E-state index contributed by atoms with van der Waals surface area (Å²) in [4.78, 5) is 41.5. The highest BCUT2D eigenvalue weighted by Gasteiger charge is 2.54. The van der Waals surface area contributed by atoms with Crippen molar-refractivity contribution in [1.82, 2.24) is 10.2 Å². The molecule has 7 heteroatoms. The molecule has 0 radical (unpaired) electrons. The Labute approximate surface area is 188 Å². The molecular formula is C25H32FN3O3. The maximum absolute atomic E-state index is 14.1. The number of carbonyl (C=O) groups excluding carboxylic acids is 3. The van der Waals surface area contributed by atoms with Gasteiger partial charge in [-0.25, -0.2) is 4.39 Å². The van der Waals surface area contributed by atoms with Gasteiger partial charge in [-0.3, -0.25) is 14.4 Å². The third-order valence-electron chi connectivity index (χ3n) is 8.33. The molecule has 5 fully saturated rings. The number of rotatable bonds is 6. The van der Waals surface area contributed by atoms with Crippen LogP contribution in [0.5, 0.6) is 0 Å². The van der Waals surface area contributed by atoms with Crippen LogP contribution in [0.3, 0.4) is 0 Å².